The van der Waals surface area contributed by atoms with Crippen molar-refractivity contribution in [3.05, 3.63) is 29.8 Å². The van der Waals surface area contributed by atoms with Gasteiger partial charge in [-0.25, -0.2) is 0 Å². The monoisotopic (exact) mass is 566 g/mol. The Bertz CT molecular complexity index is 843. The molecule has 0 saturated carbocycles. The minimum absolute atomic E-state index is 0.832. The molecule has 0 bridgehead atoms. The third-order valence-corrected chi connectivity index (χ3v) is 9.17. The number of aryl methyl sites for hydroxylation is 1. The van der Waals surface area contributed by atoms with Crippen LogP contribution in [0.2, 0.25) is 0 Å². The SMILES string of the molecule is CCCCCCCCCCCCCCCCCCc1cccc[c]1[K].O=C(O)CC(C(=O)O)S(=O)(=O)O. The molecule has 0 aliphatic heterocycles. The second-order valence-electron chi connectivity index (χ2n) is 9.92. The Morgan fingerprint density at radius 2 is 1.16 bits per heavy atom. The maximum absolute atomic E-state index is 10.2. The summed E-state index contributed by atoms with van der Waals surface area (Å²) in [6.07, 6.45) is 23.5. The minimum Gasteiger partial charge on any atom is -0.481 e. The van der Waals surface area contributed by atoms with Gasteiger partial charge in [-0.1, -0.05) is 51.9 Å². The first kappa shape index (κ1) is 36.7. The number of rotatable bonds is 21. The number of carboxylic acid groups (broad SMARTS) is 2. The third-order valence-electron chi connectivity index (χ3n) is 6.56. The molecule has 0 aromatic heterocycles. The molecular formula is C28H47KO7S. The molecule has 7 nitrogen and oxygen atoms in total. The van der Waals surface area contributed by atoms with Gasteiger partial charge in [-0.3, -0.25) is 14.1 Å². The molecule has 1 atom stereocenters. The predicted molar refractivity (Wildman–Crippen MR) is 150 cm³/mol. The molecule has 0 saturated heterocycles. The average molecular weight is 567 g/mol. The van der Waals surface area contributed by atoms with E-state index >= 15 is 0 Å². The van der Waals surface area contributed by atoms with E-state index in [-0.39, 0.29) is 0 Å². The van der Waals surface area contributed by atoms with Crippen LogP contribution < -0.4 is -0.342 Å². The Morgan fingerprint density at radius 3 is 1.49 bits per heavy atom. The van der Waals surface area contributed by atoms with Crippen molar-refractivity contribution >= 4 is 70.7 Å². The van der Waals surface area contributed by atoms with Crippen LogP contribution >= 0.6 is 0 Å². The van der Waals surface area contributed by atoms with Crippen LogP contribution in [0.25, 0.3) is 0 Å². The molecule has 0 aliphatic rings. The number of unbranched alkanes of at least 4 members (excludes halogenated alkanes) is 15. The Hall–Kier alpha value is -0.294. The summed E-state index contributed by atoms with van der Waals surface area (Å²) in [5, 5.41) is 13.9. The zero-order valence-corrected chi connectivity index (χ0v) is 26.9. The summed E-state index contributed by atoms with van der Waals surface area (Å²) in [5.74, 6) is -3.50. The zero-order chi connectivity index (χ0) is 27.9. The molecular weight excluding hydrogens is 519 g/mol. The summed E-state index contributed by atoms with van der Waals surface area (Å²) >= 11 is 0.832. The Balaban J connectivity index is 0.000000908. The van der Waals surface area contributed by atoms with Crippen molar-refractivity contribution in [1.29, 1.82) is 0 Å². The first-order chi connectivity index (χ1) is 17.6. The standard InChI is InChI=1S/C24H41.C4H6O7S.K/c1-2-3-4-5-6-7-8-9-10-11-12-13-14-15-16-18-21-24-22-19-17-20-23-24;5-3(6)1-2(4(7)8)12(9,10)11;/h17,19-20,22H,2-16,18,21H2,1H3;2H,1H2,(H,5,6)(H,7,8)(H,9,10,11);. The largest absolute Gasteiger partial charge is 0.481 e. The summed E-state index contributed by atoms with van der Waals surface area (Å²) in [5.41, 5.74) is 1.63. The van der Waals surface area contributed by atoms with Crippen LogP contribution in [0, 0.1) is 0 Å². The molecule has 37 heavy (non-hydrogen) atoms. The van der Waals surface area contributed by atoms with Crippen molar-refractivity contribution in [3.8, 4) is 0 Å². The van der Waals surface area contributed by atoms with E-state index in [1.807, 2.05) is 0 Å². The van der Waals surface area contributed by atoms with Crippen LogP contribution in [0.3, 0.4) is 0 Å². The van der Waals surface area contributed by atoms with Gasteiger partial charge in [0.25, 0.3) is 10.1 Å². The number of hydrogen-bond acceptors (Lipinski definition) is 4. The van der Waals surface area contributed by atoms with Gasteiger partial charge in [0, 0.05) is 0 Å². The quantitative estimate of drug-likeness (QED) is 0.0933. The van der Waals surface area contributed by atoms with Gasteiger partial charge >= 0.3 is 155 Å². The van der Waals surface area contributed by atoms with Crippen molar-refractivity contribution in [2.45, 2.75) is 128 Å². The number of aliphatic carboxylic acids is 2. The molecule has 0 aliphatic carbocycles. The Morgan fingerprint density at radius 1 is 0.757 bits per heavy atom. The van der Waals surface area contributed by atoms with Crippen molar-refractivity contribution in [2.24, 2.45) is 0 Å². The first-order valence-electron chi connectivity index (χ1n) is 14.0. The fourth-order valence-electron chi connectivity index (χ4n) is 4.23. The maximum Gasteiger partial charge on any atom is 0.325 e. The van der Waals surface area contributed by atoms with Gasteiger partial charge in [0.2, 0.25) is 0 Å². The van der Waals surface area contributed by atoms with Gasteiger partial charge in [0.1, 0.15) is 0 Å². The third kappa shape index (κ3) is 22.2. The second-order valence-corrected chi connectivity index (χ2v) is 13.2. The number of hydrogen-bond donors (Lipinski definition) is 3. The molecule has 0 heterocycles. The van der Waals surface area contributed by atoms with Gasteiger partial charge in [-0.15, -0.1) is 0 Å². The summed E-state index contributed by atoms with van der Waals surface area (Å²) < 4.78 is 30.3. The molecule has 1 aromatic rings. The molecule has 0 radical (unpaired) electrons. The topological polar surface area (TPSA) is 129 Å². The van der Waals surface area contributed by atoms with Crippen LogP contribution in [-0.2, 0) is 26.1 Å². The van der Waals surface area contributed by atoms with E-state index in [4.69, 9.17) is 14.8 Å². The van der Waals surface area contributed by atoms with Gasteiger partial charge in [0.15, 0.2) is 5.25 Å². The normalized spacial score (nSPS) is 12.0. The van der Waals surface area contributed by atoms with E-state index in [1.165, 1.54) is 109 Å². The molecule has 1 aromatic carbocycles. The summed E-state index contributed by atoms with van der Waals surface area (Å²) in [6.45, 7) is 2.30. The molecule has 1 rings (SSSR count). The smallest absolute Gasteiger partial charge is 0.325 e. The van der Waals surface area contributed by atoms with Gasteiger partial charge in [-0.2, -0.15) is 8.42 Å². The number of carbonyl (C=O) groups is 2. The first-order valence-corrected chi connectivity index (χ1v) is 17.1. The molecule has 208 valence electrons. The van der Waals surface area contributed by atoms with Gasteiger partial charge < -0.3 is 10.2 Å². The van der Waals surface area contributed by atoms with Crippen LogP contribution in [0.4, 0.5) is 0 Å². The molecule has 0 spiro atoms. The summed E-state index contributed by atoms with van der Waals surface area (Å²) in [4.78, 5) is 20.0. The van der Waals surface area contributed by atoms with Crippen LogP contribution in [0.5, 0.6) is 0 Å². The van der Waals surface area contributed by atoms with Crippen molar-refractivity contribution in [2.75, 3.05) is 0 Å². The van der Waals surface area contributed by atoms with Crippen molar-refractivity contribution in [3.63, 3.8) is 0 Å². The van der Waals surface area contributed by atoms with E-state index in [0.717, 1.165) is 49.0 Å². The van der Waals surface area contributed by atoms with Crippen LogP contribution in [0.15, 0.2) is 24.3 Å². The van der Waals surface area contributed by atoms with Gasteiger partial charge in [-0.05, 0) is 0 Å². The Labute approximate surface area is 258 Å². The van der Waals surface area contributed by atoms with E-state index in [9.17, 15) is 18.0 Å². The summed E-state index contributed by atoms with van der Waals surface area (Å²) in [6, 6.07) is 9.06. The molecule has 0 fully saturated rings. The van der Waals surface area contributed by atoms with Crippen LogP contribution in [0.1, 0.15) is 122 Å². The molecule has 3 N–H and O–H groups in total. The van der Waals surface area contributed by atoms with E-state index < -0.39 is 33.7 Å². The van der Waals surface area contributed by atoms with Gasteiger partial charge in [0.05, 0.1) is 6.42 Å². The van der Waals surface area contributed by atoms with E-state index in [1.54, 1.807) is 5.22 Å². The van der Waals surface area contributed by atoms with E-state index in [0.29, 0.717) is 0 Å². The van der Waals surface area contributed by atoms with Crippen LogP contribution in [-0.4, -0.2) is 89.3 Å². The molecule has 0 amide bonds. The molecule has 1 unspecified atom stereocenters. The van der Waals surface area contributed by atoms with E-state index in [2.05, 4.69) is 31.2 Å². The Kier molecular flexibility index (Phi) is 23.4. The molecule has 9 heteroatoms. The number of benzene rings is 1. The predicted octanol–water partition coefficient (Wildman–Crippen LogP) is 6.09. The minimum atomic E-state index is -4.84. The average Bonchev–Trinajstić information content (AvgIpc) is 2.83. The van der Waals surface area contributed by atoms with Crippen molar-refractivity contribution in [1.82, 2.24) is 0 Å². The second kappa shape index (κ2) is 23.6. The fraction of sp³-hybridized carbons (Fsp3) is 0.714. The summed E-state index contributed by atoms with van der Waals surface area (Å²) in [7, 11) is -4.84. The van der Waals surface area contributed by atoms with Crippen molar-refractivity contribution < 1.29 is 32.8 Å². The number of carboxylic acids is 2. The maximum atomic E-state index is 10.2. The zero-order valence-electron chi connectivity index (χ0n) is 23.0. The fourth-order valence-corrected chi connectivity index (χ4v) is 5.79.